The summed E-state index contributed by atoms with van der Waals surface area (Å²) in [5.41, 5.74) is 5.10. The number of amides is 1. The smallest absolute Gasteiger partial charge is 0.286 e. The van der Waals surface area contributed by atoms with Crippen molar-refractivity contribution in [1.29, 1.82) is 0 Å². The zero-order valence-corrected chi connectivity index (χ0v) is 8.74. The highest BCUT2D eigenvalue weighted by atomic mass is 16.1. The van der Waals surface area contributed by atoms with Crippen LogP contribution in [0.15, 0.2) is 0 Å². The lowest BCUT2D eigenvalue weighted by atomic mass is 10.5. The van der Waals surface area contributed by atoms with Gasteiger partial charge in [0.1, 0.15) is 0 Å². The molecule has 0 atom stereocenters. The predicted octanol–water partition coefficient (Wildman–Crippen LogP) is -0.166. The maximum Gasteiger partial charge on any atom is 0.286 e. The van der Waals surface area contributed by atoms with Crippen molar-refractivity contribution in [1.82, 2.24) is 15.0 Å². The van der Waals surface area contributed by atoms with E-state index in [0.717, 1.165) is 0 Å². The van der Waals surface area contributed by atoms with Crippen LogP contribution in [-0.4, -0.2) is 33.9 Å². The monoisotopic (exact) mass is 210 g/mol. The van der Waals surface area contributed by atoms with Crippen LogP contribution in [0.3, 0.4) is 0 Å². The summed E-state index contributed by atoms with van der Waals surface area (Å²) in [6.07, 6.45) is 0. The van der Waals surface area contributed by atoms with Crippen molar-refractivity contribution in [2.24, 2.45) is 5.73 Å². The topological polar surface area (TPSA) is 106 Å². The van der Waals surface area contributed by atoms with Gasteiger partial charge in [0.05, 0.1) is 0 Å². The molecule has 0 saturated heterocycles. The van der Waals surface area contributed by atoms with Crippen molar-refractivity contribution in [2.45, 2.75) is 13.8 Å². The first kappa shape index (κ1) is 11.2. The molecule has 0 bridgehead atoms. The highest BCUT2D eigenvalue weighted by Gasteiger charge is 2.09. The number of anilines is 2. The fourth-order valence-corrected chi connectivity index (χ4v) is 0.960. The largest absolute Gasteiger partial charge is 0.363 e. The molecule has 0 aliphatic carbocycles. The van der Waals surface area contributed by atoms with E-state index in [2.05, 4.69) is 25.6 Å². The highest BCUT2D eigenvalue weighted by molar-refractivity contribution is 5.89. The SMILES string of the molecule is CCNc1nc(NCC)nc(C(N)=O)n1. The lowest BCUT2D eigenvalue weighted by Crippen LogP contribution is -2.19. The van der Waals surface area contributed by atoms with Gasteiger partial charge in [0.25, 0.3) is 5.91 Å². The number of carbonyl (C=O) groups excluding carboxylic acids is 1. The van der Waals surface area contributed by atoms with Crippen molar-refractivity contribution in [3.63, 3.8) is 0 Å². The van der Waals surface area contributed by atoms with Crippen LogP contribution in [0.2, 0.25) is 0 Å². The van der Waals surface area contributed by atoms with Crippen LogP contribution >= 0.6 is 0 Å². The van der Waals surface area contributed by atoms with Gasteiger partial charge in [-0.2, -0.15) is 15.0 Å². The summed E-state index contributed by atoms with van der Waals surface area (Å²) >= 11 is 0. The molecule has 82 valence electrons. The lowest BCUT2D eigenvalue weighted by Gasteiger charge is -2.06. The van der Waals surface area contributed by atoms with Crippen LogP contribution in [0.1, 0.15) is 24.5 Å². The quantitative estimate of drug-likeness (QED) is 0.623. The molecule has 15 heavy (non-hydrogen) atoms. The molecule has 7 nitrogen and oxygen atoms in total. The van der Waals surface area contributed by atoms with Gasteiger partial charge in [-0.1, -0.05) is 0 Å². The number of rotatable bonds is 5. The summed E-state index contributed by atoms with van der Waals surface area (Å²) < 4.78 is 0. The number of nitrogens with one attached hydrogen (secondary N) is 2. The molecule has 1 amide bonds. The van der Waals surface area contributed by atoms with Gasteiger partial charge >= 0.3 is 0 Å². The van der Waals surface area contributed by atoms with E-state index < -0.39 is 5.91 Å². The van der Waals surface area contributed by atoms with E-state index in [1.165, 1.54) is 0 Å². The summed E-state index contributed by atoms with van der Waals surface area (Å²) in [7, 11) is 0. The van der Waals surface area contributed by atoms with Crippen LogP contribution < -0.4 is 16.4 Å². The number of nitrogens with two attached hydrogens (primary N) is 1. The minimum absolute atomic E-state index is 0.0445. The average Bonchev–Trinajstić information content (AvgIpc) is 2.18. The summed E-state index contributed by atoms with van der Waals surface area (Å²) in [4.78, 5) is 22.7. The molecule has 0 aliphatic heterocycles. The predicted molar refractivity (Wildman–Crippen MR) is 56.7 cm³/mol. The van der Waals surface area contributed by atoms with Gasteiger partial charge < -0.3 is 16.4 Å². The summed E-state index contributed by atoms with van der Waals surface area (Å²) in [5.74, 6) is -0.0258. The first-order chi connectivity index (χ1) is 7.17. The first-order valence-electron chi connectivity index (χ1n) is 4.71. The third-order valence-corrected chi connectivity index (χ3v) is 1.53. The fraction of sp³-hybridized carbons (Fsp3) is 0.500. The molecule has 0 spiro atoms. The molecular formula is C8H14N6O. The lowest BCUT2D eigenvalue weighted by molar-refractivity contribution is 0.0990. The molecule has 0 aliphatic rings. The van der Waals surface area contributed by atoms with Gasteiger partial charge in [-0.25, -0.2) is 0 Å². The maximum absolute atomic E-state index is 10.9. The second kappa shape index (κ2) is 5.08. The molecule has 0 unspecified atom stereocenters. The van der Waals surface area contributed by atoms with Crippen molar-refractivity contribution in [3.05, 3.63) is 5.82 Å². The molecule has 0 saturated carbocycles. The molecule has 1 rings (SSSR count). The van der Waals surface area contributed by atoms with Crippen molar-refractivity contribution in [2.75, 3.05) is 23.7 Å². The van der Waals surface area contributed by atoms with Gasteiger partial charge in [-0.3, -0.25) is 4.79 Å². The summed E-state index contributed by atoms with van der Waals surface area (Å²) in [5, 5.41) is 5.78. The molecule has 0 fully saturated rings. The zero-order valence-electron chi connectivity index (χ0n) is 8.74. The summed E-state index contributed by atoms with van der Waals surface area (Å²) in [6.45, 7) is 5.13. The number of carbonyl (C=O) groups is 1. The zero-order chi connectivity index (χ0) is 11.3. The Bertz CT molecular complexity index is 329. The minimum Gasteiger partial charge on any atom is -0.363 e. The third-order valence-electron chi connectivity index (χ3n) is 1.53. The first-order valence-corrected chi connectivity index (χ1v) is 4.71. The Kier molecular flexibility index (Phi) is 3.78. The average molecular weight is 210 g/mol. The number of hydrogen-bond donors (Lipinski definition) is 3. The van der Waals surface area contributed by atoms with E-state index in [1.807, 2.05) is 13.8 Å². The maximum atomic E-state index is 10.9. The number of nitrogens with zero attached hydrogens (tertiary/aromatic N) is 3. The Morgan fingerprint density at radius 2 is 1.60 bits per heavy atom. The Morgan fingerprint density at radius 3 is 1.93 bits per heavy atom. The molecule has 0 radical (unpaired) electrons. The Labute approximate surface area is 87.5 Å². The standard InChI is InChI=1S/C8H14N6O/c1-3-10-7-12-6(5(9)15)13-8(14-7)11-4-2/h3-4H2,1-2H3,(H2,9,15)(H2,10,11,12,13,14). The molecule has 7 heteroatoms. The number of aromatic nitrogens is 3. The van der Waals surface area contributed by atoms with Crippen LogP contribution in [0, 0.1) is 0 Å². The van der Waals surface area contributed by atoms with Crippen LogP contribution in [0.5, 0.6) is 0 Å². The number of hydrogen-bond acceptors (Lipinski definition) is 6. The van der Waals surface area contributed by atoms with E-state index in [9.17, 15) is 4.79 Å². The van der Waals surface area contributed by atoms with Crippen molar-refractivity contribution in [3.8, 4) is 0 Å². The van der Waals surface area contributed by atoms with Crippen LogP contribution in [0.25, 0.3) is 0 Å². The van der Waals surface area contributed by atoms with Gasteiger partial charge in [-0.15, -0.1) is 0 Å². The van der Waals surface area contributed by atoms with E-state index in [-0.39, 0.29) is 5.82 Å². The van der Waals surface area contributed by atoms with E-state index in [1.54, 1.807) is 0 Å². The van der Waals surface area contributed by atoms with Crippen LogP contribution in [0.4, 0.5) is 11.9 Å². The Hall–Kier alpha value is -1.92. The minimum atomic E-state index is -0.671. The van der Waals surface area contributed by atoms with Crippen molar-refractivity contribution < 1.29 is 4.79 Å². The Balaban J connectivity index is 3.02. The van der Waals surface area contributed by atoms with Crippen LogP contribution in [-0.2, 0) is 0 Å². The van der Waals surface area contributed by atoms with E-state index in [0.29, 0.717) is 25.0 Å². The molecule has 4 N–H and O–H groups in total. The van der Waals surface area contributed by atoms with Gasteiger partial charge in [0.15, 0.2) is 0 Å². The molecule has 1 aromatic rings. The molecular weight excluding hydrogens is 196 g/mol. The normalized spacial score (nSPS) is 9.73. The highest BCUT2D eigenvalue weighted by Crippen LogP contribution is 2.04. The third kappa shape index (κ3) is 3.04. The van der Waals surface area contributed by atoms with Crippen molar-refractivity contribution >= 4 is 17.8 Å². The number of primary amides is 1. The fourth-order valence-electron chi connectivity index (χ4n) is 0.960. The second-order valence-electron chi connectivity index (χ2n) is 2.73. The van der Waals surface area contributed by atoms with E-state index in [4.69, 9.17) is 5.73 Å². The van der Waals surface area contributed by atoms with Gasteiger partial charge in [0.2, 0.25) is 17.7 Å². The molecule has 1 heterocycles. The van der Waals surface area contributed by atoms with Gasteiger partial charge in [0, 0.05) is 13.1 Å². The molecule has 0 aromatic carbocycles. The molecule has 1 aromatic heterocycles. The second-order valence-corrected chi connectivity index (χ2v) is 2.73. The van der Waals surface area contributed by atoms with E-state index >= 15 is 0 Å². The summed E-state index contributed by atoms with van der Waals surface area (Å²) in [6, 6.07) is 0. The van der Waals surface area contributed by atoms with Gasteiger partial charge in [-0.05, 0) is 13.8 Å². The Morgan fingerprint density at radius 1 is 1.13 bits per heavy atom.